The smallest absolute Gasteiger partial charge is 0.325 e. The second kappa shape index (κ2) is 12.2. The molecular weight excluding hydrogens is 392 g/mol. The van der Waals surface area contributed by atoms with Gasteiger partial charge in [0.2, 0.25) is 17.7 Å². The first-order valence-electron chi connectivity index (χ1n) is 8.62. The summed E-state index contributed by atoms with van der Waals surface area (Å²) in [7, 11) is 0. The second-order valence-corrected chi connectivity index (χ2v) is 6.95. The molecule has 0 aromatic heterocycles. The van der Waals surface area contributed by atoms with Gasteiger partial charge in [-0.05, 0) is 19.3 Å². The van der Waals surface area contributed by atoms with E-state index in [-0.39, 0.29) is 18.1 Å². The Morgan fingerprint density at radius 2 is 1.50 bits per heavy atom. The Hall–Kier alpha value is -2.34. The number of amides is 3. The number of aliphatic carboxylic acids is 2. The Bertz CT molecular complexity index is 600. The van der Waals surface area contributed by atoms with Crippen molar-refractivity contribution in [3.8, 4) is 0 Å². The second-order valence-electron chi connectivity index (χ2n) is 6.58. The summed E-state index contributed by atoms with van der Waals surface area (Å²) in [6.45, 7) is 4.55. The van der Waals surface area contributed by atoms with E-state index in [4.69, 9.17) is 15.9 Å². The molecular formula is C16H28N4O7S. The van der Waals surface area contributed by atoms with E-state index in [9.17, 15) is 24.0 Å². The predicted octanol–water partition coefficient (Wildman–Crippen LogP) is -1.68. The van der Waals surface area contributed by atoms with Gasteiger partial charge in [-0.1, -0.05) is 13.8 Å². The van der Waals surface area contributed by atoms with Crippen LogP contribution in [-0.4, -0.2) is 69.8 Å². The Balaban J connectivity index is 5.29. The van der Waals surface area contributed by atoms with Crippen LogP contribution in [0, 0.1) is 5.92 Å². The van der Waals surface area contributed by atoms with E-state index in [1.54, 1.807) is 13.8 Å². The summed E-state index contributed by atoms with van der Waals surface area (Å²) in [6.07, 6.45) is -0.683. The molecule has 0 saturated carbocycles. The zero-order valence-corrected chi connectivity index (χ0v) is 16.9. The van der Waals surface area contributed by atoms with Gasteiger partial charge in [0.25, 0.3) is 0 Å². The maximum absolute atomic E-state index is 12.6. The predicted molar refractivity (Wildman–Crippen MR) is 103 cm³/mol. The third-order valence-corrected chi connectivity index (χ3v) is 4.18. The van der Waals surface area contributed by atoms with Gasteiger partial charge in [-0.3, -0.25) is 24.0 Å². The van der Waals surface area contributed by atoms with Gasteiger partial charge >= 0.3 is 11.9 Å². The van der Waals surface area contributed by atoms with Crippen molar-refractivity contribution >= 4 is 42.3 Å². The van der Waals surface area contributed by atoms with Crippen molar-refractivity contribution in [1.29, 1.82) is 0 Å². The fraction of sp³-hybridized carbons (Fsp3) is 0.688. The molecule has 0 aliphatic carbocycles. The van der Waals surface area contributed by atoms with Crippen molar-refractivity contribution in [2.24, 2.45) is 11.7 Å². The van der Waals surface area contributed by atoms with Gasteiger partial charge in [-0.2, -0.15) is 12.6 Å². The van der Waals surface area contributed by atoms with Crippen molar-refractivity contribution in [3.63, 3.8) is 0 Å². The Kier molecular flexibility index (Phi) is 11.2. The number of hydrogen-bond donors (Lipinski definition) is 7. The minimum Gasteiger partial charge on any atom is -0.481 e. The molecule has 7 N–H and O–H groups in total. The lowest BCUT2D eigenvalue weighted by atomic mass is 10.0. The van der Waals surface area contributed by atoms with Crippen LogP contribution in [0.25, 0.3) is 0 Å². The van der Waals surface area contributed by atoms with Crippen LogP contribution in [0.2, 0.25) is 0 Å². The zero-order chi connectivity index (χ0) is 22.0. The van der Waals surface area contributed by atoms with E-state index in [0.717, 1.165) is 0 Å². The molecule has 0 aliphatic heterocycles. The number of carboxylic acid groups (broad SMARTS) is 2. The first kappa shape index (κ1) is 25.7. The molecule has 3 amide bonds. The average molecular weight is 420 g/mol. The van der Waals surface area contributed by atoms with Crippen LogP contribution >= 0.6 is 12.6 Å². The molecule has 0 spiro atoms. The summed E-state index contributed by atoms with van der Waals surface area (Å²) in [5.74, 6) is -4.94. The van der Waals surface area contributed by atoms with Crippen molar-refractivity contribution in [1.82, 2.24) is 16.0 Å². The van der Waals surface area contributed by atoms with Crippen LogP contribution in [0.15, 0.2) is 0 Å². The van der Waals surface area contributed by atoms with E-state index >= 15 is 0 Å². The van der Waals surface area contributed by atoms with Gasteiger partial charge in [0, 0.05) is 12.2 Å². The molecule has 0 aromatic carbocycles. The lowest BCUT2D eigenvalue weighted by Crippen LogP contribution is -2.58. The van der Waals surface area contributed by atoms with E-state index in [1.165, 1.54) is 6.92 Å². The maximum atomic E-state index is 12.6. The molecule has 160 valence electrons. The highest BCUT2D eigenvalue weighted by atomic mass is 32.1. The summed E-state index contributed by atoms with van der Waals surface area (Å²) < 4.78 is 0. The van der Waals surface area contributed by atoms with Crippen molar-refractivity contribution < 1.29 is 34.2 Å². The fourth-order valence-electron chi connectivity index (χ4n) is 2.05. The number of rotatable bonds is 12. The third kappa shape index (κ3) is 9.04. The Morgan fingerprint density at radius 3 is 1.93 bits per heavy atom. The zero-order valence-electron chi connectivity index (χ0n) is 16.0. The largest absolute Gasteiger partial charge is 0.481 e. The number of carbonyl (C=O) groups excluding carboxylic acids is 3. The summed E-state index contributed by atoms with van der Waals surface area (Å²) in [6, 6.07) is -4.48. The van der Waals surface area contributed by atoms with Gasteiger partial charge in [-0.25, -0.2) is 0 Å². The number of hydrogen-bond acceptors (Lipinski definition) is 7. The number of nitrogens with one attached hydrogen (secondary N) is 3. The van der Waals surface area contributed by atoms with Crippen LogP contribution in [0.1, 0.15) is 33.6 Å². The standard InChI is InChI=1S/C16H28N4O7S/c1-7(2)12(20-13(23)9(17)6-28)15(25)19-10(4-5-11(21)22)14(24)18-8(3)16(26)27/h7-10,12,28H,4-6,17H2,1-3H3,(H,18,24)(H,19,25)(H,20,23)(H,21,22)(H,26,27). The van der Waals surface area contributed by atoms with Crippen molar-refractivity contribution in [2.75, 3.05) is 5.75 Å². The summed E-state index contributed by atoms with van der Waals surface area (Å²) in [4.78, 5) is 58.5. The molecule has 0 saturated heterocycles. The Morgan fingerprint density at radius 1 is 0.929 bits per heavy atom. The average Bonchev–Trinajstić information content (AvgIpc) is 2.60. The van der Waals surface area contributed by atoms with E-state index in [2.05, 4.69) is 28.6 Å². The lowest BCUT2D eigenvalue weighted by Gasteiger charge is -2.26. The number of nitrogens with two attached hydrogens (primary N) is 1. The first-order valence-corrected chi connectivity index (χ1v) is 9.26. The molecule has 0 bridgehead atoms. The molecule has 0 radical (unpaired) electrons. The summed E-state index contributed by atoms with van der Waals surface area (Å²) >= 11 is 3.92. The molecule has 4 atom stereocenters. The monoisotopic (exact) mass is 420 g/mol. The Labute approximate surface area is 168 Å². The third-order valence-electron chi connectivity index (χ3n) is 3.79. The van der Waals surface area contributed by atoms with Gasteiger partial charge in [0.15, 0.2) is 0 Å². The van der Waals surface area contributed by atoms with Crippen LogP contribution in [-0.2, 0) is 24.0 Å². The number of thiol groups is 1. The van der Waals surface area contributed by atoms with Gasteiger partial charge in [-0.15, -0.1) is 0 Å². The van der Waals surface area contributed by atoms with Crippen molar-refractivity contribution in [2.45, 2.75) is 57.8 Å². The normalized spacial score (nSPS) is 15.1. The molecule has 0 heterocycles. The molecule has 0 rings (SSSR count). The molecule has 0 aromatic rings. The number of carbonyl (C=O) groups is 5. The minimum atomic E-state index is -1.29. The molecule has 12 heteroatoms. The van der Waals surface area contributed by atoms with Crippen LogP contribution in [0.5, 0.6) is 0 Å². The highest BCUT2D eigenvalue weighted by Crippen LogP contribution is 2.06. The van der Waals surface area contributed by atoms with Crippen molar-refractivity contribution in [3.05, 3.63) is 0 Å². The van der Waals surface area contributed by atoms with Gasteiger partial charge in [0.05, 0.1) is 6.04 Å². The van der Waals surface area contributed by atoms with E-state index in [0.29, 0.717) is 0 Å². The highest BCUT2D eigenvalue weighted by molar-refractivity contribution is 7.80. The van der Waals surface area contributed by atoms with Gasteiger partial charge < -0.3 is 31.9 Å². The lowest BCUT2D eigenvalue weighted by molar-refractivity contribution is -0.142. The fourth-order valence-corrected chi connectivity index (χ4v) is 2.22. The highest BCUT2D eigenvalue weighted by Gasteiger charge is 2.31. The van der Waals surface area contributed by atoms with E-state index in [1.807, 2.05) is 0 Å². The van der Waals surface area contributed by atoms with Crippen LogP contribution in [0.3, 0.4) is 0 Å². The van der Waals surface area contributed by atoms with E-state index < -0.39 is 60.2 Å². The molecule has 28 heavy (non-hydrogen) atoms. The topological polar surface area (TPSA) is 188 Å². The molecule has 0 fully saturated rings. The summed E-state index contributed by atoms with van der Waals surface area (Å²) in [5, 5.41) is 24.8. The quantitative estimate of drug-likeness (QED) is 0.182. The molecule has 0 aliphatic rings. The van der Waals surface area contributed by atoms with Gasteiger partial charge in [0.1, 0.15) is 18.1 Å². The van der Waals surface area contributed by atoms with Crippen LogP contribution < -0.4 is 21.7 Å². The van der Waals surface area contributed by atoms with Crippen LogP contribution in [0.4, 0.5) is 0 Å². The molecule has 4 unspecified atom stereocenters. The molecule has 11 nitrogen and oxygen atoms in total. The first-order chi connectivity index (χ1) is 12.9. The minimum absolute atomic E-state index is 0.0645. The maximum Gasteiger partial charge on any atom is 0.325 e. The SMILES string of the molecule is CC(NC(=O)C(CCC(=O)O)NC(=O)C(NC(=O)C(N)CS)C(C)C)C(=O)O. The number of carboxylic acids is 2. The summed E-state index contributed by atoms with van der Waals surface area (Å²) in [5.41, 5.74) is 5.57.